The van der Waals surface area contributed by atoms with Gasteiger partial charge in [-0.25, -0.2) is 4.98 Å². The number of hydrogen-bond acceptors (Lipinski definition) is 4. The van der Waals surface area contributed by atoms with Crippen LogP contribution in [0.5, 0.6) is 0 Å². The van der Waals surface area contributed by atoms with Crippen molar-refractivity contribution in [3.63, 3.8) is 0 Å². The lowest BCUT2D eigenvalue weighted by Crippen LogP contribution is -2.39. The maximum Gasteiger partial charge on any atom is 0.191 e. The number of aliphatic imine (C=N–C) groups is 1. The van der Waals surface area contributed by atoms with Gasteiger partial charge in [-0.2, -0.15) is 11.8 Å². The summed E-state index contributed by atoms with van der Waals surface area (Å²) >= 11 is 3.54. The first-order chi connectivity index (χ1) is 9.46. The number of thiazole rings is 1. The van der Waals surface area contributed by atoms with Gasteiger partial charge in [-0.3, -0.25) is 4.99 Å². The molecule has 1 rings (SSSR count). The van der Waals surface area contributed by atoms with Crippen molar-refractivity contribution in [2.24, 2.45) is 4.99 Å². The van der Waals surface area contributed by atoms with Crippen molar-refractivity contribution in [1.29, 1.82) is 0 Å². The summed E-state index contributed by atoms with van der Waals surface area (Å²) in [5, 5.41) is 9.90. The highest BCUT2D eigenvalue weighted by Gasteiger charge is 2.15. The molecule has 0 aromatic carbocycles. The van der Waals surface area contributed by atoms with E-state index < -0.39 is 0 Å². The molecule has 0 saturated carbocycles. The standard InChI is InChI=1S/C14H26N4S2/c1-6-15-13(17-10-14(3,4)19-5)16-8-7-12-9-20-11(2)18-12/h9H,6-8,10H2,1-5H3,(H2,15,16,17). The Bertz CT molecular complexity index is 427. The van der Waals surface area contributed by atoms with Gasteiger partial charge in [0.2, 0.25) is 0 Å². The van der Waals surface area contributed by atoms with Gasteiger partial charge in [-0.05, 0) is 34.0 Å². The van der Waals surface area contributed by atoms with Gasteiger partial charge in [0.25, 0.3) is 0 Å². The molecule has 0 aliphatic heterocycles. The molecule has 0 aliphatic rings. The van der Waals surface area contributed by atoms with Crippen molar-refractivity contribution < 1.29 is 0 Å². The highest BCUT2D eigenvalue weighted by Crippen LogP contribution is 2.20. The van der Waals surface area contributed by atoms with E-state index >= 15 is 0 Å². The molecule has 4 nitrogen and oxygen atoms in total. The van der Waals surface area contributed by atoms with E-state index in [1.807, 2.05) is 18.7 Å². The second-order valence-corrected chi connectivity index (χ2v) is 7.77. The molecule has 2 N–H and O–H groups in total. The third kappa shape index (κ3) is 6.61. The fourth-order valence-electron chi connectivity index (χ4n) is 1.51. The average molecular weight is 315 g/mol. The predicted octanol–water partition coefficient (Wildman–Crippen LogP) is 2.69. The molecular formula is C14H26N4S2. The van der Waals surface area contributed by atoms with Gasteiger partial charge < -0.3 is 10.6 Å². The van der Waals surface area contributed by atoms with Crippen molar-refractivity contribution >= 4 is 29.1 Å². The molecule has 0 aliphatic carbocycles. The fourth-order valence-corrected chi connectivity index (χ4v) is 2.35. The van der Waals surface area contributed by atoms with Crippen LogP contribution >= 0.6 is 23.1 Å². The van der Waals surface area contributed by atoms with Gasteiger partial charge in [0.05, 0.1) is 17.2 Å². The highest BCUT2D eigenvalue weighted by molar-refractivity contribution is 7.99. The van der Waals surface area contributed by atoms with Gasteiger partial charge in [-0.15, -0.1) is 11.3 Å². The number of guanidine groups is 1. The maximum absolute atomic E-state index is 4.65. The summed E-state index contributed by atoms with van der Waals surface area (Å²) in [4.78, 5) is 9.12. The summed E-state index contributed by atoms with van der Waals surface area (Å²) < 4.78 is 0.175. The Hall–Kier alpha value is -0.750. The van der Waals surface area contributed by atoms with E-state index in [1.165, 1.54) is 0 Å². The third-order valence-corrected chi connectivity index (χ3v) is 4.91. The van der Waals surface area contributed by atoms with Crippen LogP contribution in [0.3, 0.4) is 0 Å². The van der Waals surface area contributed by atoms with Crippen LogP contribution in [0.15, 0.2) is 10.4 Å². The molecule has 1 aromatic rings. The number of aryl methyl sites for hydroxylation is 1. The Labute approximate surface area is 130 Å². The number of thioether (sulfide) groups is 1. The zero-order valence-electron chi connectivity index (χ0n) is 13.1. The Morgan fingerprint density at radius 3 is 2.75 bits per heavy atom. The van der Waals surface area contributed by atoms with Crippen molar-refractivity contribution in [2.45, 2.75) is 38.9 Å². The van der Waals surface area contributed by atoms with Crippen LogP contribution in [0.2, 0.25) is 0 Å². The molecule has 0 saturated heterocycles. The molecule has 6 heteroatoms. The van der Waals surface area contributed by atoms with E-state index in [2.05, 4.69) is 53.0 Å². The minimum atomic E-state index is 0.175. The van der Waals surface area contributed by atoms with Gasteiger partial charge in [-0.1, -0.05) is 0 Å². The quantitative estimate of drug-likeness (QED) is 0.600. The largest absolute Gasteiger partial charge is 0.357 e. The van der Waals surface area contributed by atoms with Crippen molar-refractivity contribution in [2.75, 3.05) is 25.9 Å². The lowest BCUT2D eigenvalue weighted by molar-refractivity contribution is 0.709. The topological polar surface area (TPSA) is 49.3 Å². The van der Waals surface area contributed by atoms with E-state index in [1.54, 1.807) is 11.3 Å². The molecule has 20 heavy (non-hydrogen) atoms. The van der Waals surface area contributed by atoms with Gasteiger partial charge in [0.1, 0.15) is 0 Å². The second-order valence-electron chi connectivity index (χ2n) is 5.19. The van der Waals surface area contributed by atoms with Gasteiger partial charge in [0, 0.05) is 29.6 Å². The van der Waals surface area contributed by atoms with E-state index in [0.717, 1.165) is 42.7 Å². The lowest BCUT2D eigenvalue weighted by Gasteiger charge is -2.20. The summed E-state index contributed by atoms with van der Waals surface area (Å²) in [6.45, 7) is 11.1. The Morgan fingerprint density at radius 2 is 2.20 bits per heavy atom. The van der Waals surface area contributed by atoms with Crippen molar-refractivity contribution in [3.8, 4) is 0 Å². The Morgan fingerprint density at radius 1 is 1.45 bits per heavy atom. The molecule has 0 spiro atoms. The highest BCUT2D eigenvalue weighted by atomic mass is 32.2. The monoisotopic (exact) mass is 314 g/mol. The van der Waals surface area contributed by atoms with Crippen molar-refractivity contribution in [3.05, 3.63) is 16.1 Å². The number of nitrogens with zero attached hydrogens (tertiary/aromatic N) is 2. The molecule has 1 aromatic heterocycles. The molecular weight excluding hydrogens is 288 g/mol. The maximum atomic E-state index is 4.65. The first-order valence-electron chi connectivity index (χ1n) is 6.95. The molecule has 0 radical (unpaired) electrons. The fraction of sp³-hybridized carbons (Fsp3) is 0.714. The first-order valence-corrected chi connectivity index (χ1v) is 9.05. The van der Waals surface area contributed by atoms with Gasteiger partial charge >= 0.3 is 0 Å². The van der Waals surface area contributed by atoms with Crippen LogP contribution in [-0.2, 0) is 6.42 Å². The van der Waals surface area contributed by atoms with Crippen LogP contribution < -0.4 is 10.6 Å². The second kappa shape index (κ2) is 8.52. The van der Waals surface area contributed by atoms with Crippen LogP contribution in [0.4, 0.5) is 0 Å². The summed E-state index contributed by atoms with van der Waals surface area (Å²) in [6, 6.07) is 0. The van der Waals surface area contributed by atoms with Gasteiger partial charge in [0.15, 0.2) is 5.96 Å². The predicted molar refractivity (Wildman–Crippen MR) is 92.1 cm³/mol. The molecule has 114 valence electrons. The molecule has 0 amide bonds. The summed E-state index contributed by atoms with van der Waals surface area (Å²) in [5.74, 6) is 0.890. The Balaban J connectivity index is 2.44. The van der Waals surface area contributed by atoms with Crippen LogP contribution in [-0.4, -0.2) is 41.6 Å². The van der Waals surface area contributed by atoms with Crippen LogP contribution in [0, 0.1) is 6.92 Å². The number of nitrogens with one attached hydrogen (secondary N) is 2. The van der Waals surface area contributed by atoms with E-state index in [-0.39, 0.29) is 4.75 Å². The average Bonchev–Trinajstić information content (AvgIpc) is 2.82. The molecule has 0 unspecified atom stereocenters. The normalized spacial score (nSPS) is 12.6. The van der Waals surface area contributed by atoms with E-state index in [0.29, 0.717) is 0 Å². The van der Waals surface area contributed by atoms with E-state index in [9.17, 15) is 0 Å². The first kappa shape index (κ1) is 17.3. The molecule has 0 bridgehead atoms. The lowest BCUT2D eigenvalue weighted by atomic mass is 10.2. The van der Waals surface area contributed by atoms with Crippen LogP contribution in [0.1, 0.15) is 31.5 Å². The number of rotatable bonds is 7. The smallest absolute Gasteiger partial charge is 0.191 e. The third-order valence-electron chi connectivity index (χ3n) is 2.85. The van der Waals surface area contributed by atoms with Crippen LogP contribution in [0.25, 0.3) is 0 Å². The number of hydrogen-bond donors (Lipinski definition) is 2. The summed E-state index contributed by atoms with van der Waals surface area (Å²) in [5.41, 5.74) is 1.15. The summed E-state index contributed by atoms with van der Waals surface area (Å²) in [6.07, 6.45) is 3.06. The molecule has 0 atom stereocenters. The molecule has 0 fully saturated rings. The summed E-state index contributed by atoms with van der Waals surface area (Å²) in [7, 11) is 0. The minimum Gasteiger partial charge on any atom is -0.357 e. The minimum absolute atomic E-state index is 0.175. The van der Waals surface area contributed by atoms with Crippen molar-refractivity contribution in [1.82, 2.24) is 15.6 Å². The Kier molecular flexibility index (Phi) is 7.37. The number of aromatic nitrogens is 1. The molecule has 1 heterocycles. The van der Waals surface area contributed by atoms with E-state index in [4.69, 9.17) is 0 Å². The zero-order chi connectivity index (χ0) is 15.0. The zero-order valence-corrected chi connectivity index (χ0v) is 14.7. The SMILES string of the molecule is CCNC(=NCC(C)(C)SC)NCCc1csc(C)n1.